The van der Waals surface area contributed by atoms with Crippen LogP contribution < -0.4 is 0 Å². The Morgan fingerprint density at radius 3 is 3.07 bits per heavy atom. The lowest BCUT2D eigenvalue weighted by Gasteiger charge is -2.30. The van der Waals surface area contributed by atoms with Crippen molar-refractivity contribution in [3.8, 4) is 0 Å². The van der Waals surface area contributed by atoms with Gasteiger partial charge in [0.1, 0.15) is 0 Å². The molecule has 1 heterocycles. The Morgan fingerprint density at radius 1 is 1.60 bits per heavy atom. The quantitative estimate of drug-likeness (QED) is 0.644. The van der Waals surface area contributed by atoms with E-state index in [-0.39, 0.29) is 0 Å². The summed E-state index contributed by atoms with van der Waals surface area (Å²) in [5, 5.41) is 8.79. The number of ether oxygens (including phenoxy) is 2. The van der Waals surface area contributed by atoms with Gasteiger partial charge in [-0.05, 0) is 19.4 Å². The number of carboxylic acids is 1. The average Bonchev–Trinajstić information content (AvgIpc) is 2.25. The van der Waals surface area contributed by atoms with E-state index in [1.54, 1.807) is 7.11 Å². The molecule has 0 amide bonds. The molecule has 0 aromatic rings. The Hall–Kier alpha value is -0.650. The highest BCUT2D eigenvalue weighted by atomic mass is 16.5. The fraction of sp³-hybridized carbons (Fsp3) is 0.900. The minimum absolute atomic E-state index is 0.502. The number of morpholine rings is 1. The number of carbonyl (C=O) groups is 1. The Labute approximate surface area is 90.0 Å². The van der Waals surface area contributed by atoms with Crippen molar-refractivity contribution in [3.63, 3.8) is 0 Å². The second-order valence-electron chi connectivity index (χ2n) is 3.70. The summed E-state index contributed by atoms with van der Waals surface area (Å²) in [4.78, 5) is 12.8. The van der Waals surface area contributed by atoms with Crippen molar-refractivity contribution in [1.29, 1.82) is 0 Å². The predicted molar refractivity (Wildman–Crippen MR) is 54.9 cm³/mol. The second kappa shape index (κ2) is 6.76. The topological polar surface area (TPSA) is 59.0 Å². The smallest absolute Gasteiger partial charge is 0.334 e. The van der Waals surface area contributed by atoms with Crippen LogP contribution in [0.15, 0.2) is 0 Å². The highest BCUT2D eigenvalue weighted by Crippen LogP contribution is 2.06. The van der Waals surface area contributed by atoms with Gasteiger partial charge in [-0.3, -0.25) is 4.90 Å². The predicted octanol–water partition coefficient (Wildman–Crippen LogP) is 0.198. The Kier molecular flexibility index (Phi) is 5.60. The zero-order valence-corrected chi connectivity index (χ0v) is 9.15. The van der Waals surface area contributed by atoms with Crippen LogP contribution in [0.4, 0.5) is 0 Å². The first-order valence-corrected chi connectivity index (χ1v) is 5.29. The number of nitrogens with zero attached hydrogens (tertiary/aromatic N) is 1. The van der Waals surface area contributed by atoms with Crippen molar-refractivity contribution >= 4 is 5.97 Å². The van der Waals surface area contributed by atoms with E-state index in [1.807, 2.05) is 0 Å². The summed E-state index contributed by atoms with van der Waals surface area (Å²) in [6.07, 6.45) is 1.41. The largest absolute Gasteiger partial charge is 0.479 e. The molecule has 0 aliphatic carbocycles. The summed E-state index contributed by atoms with van der Waals surface area (Å²) in [5.74, 6) is -0.864. The van der Waals surface area contributed by atoms with Gasteiger partial charge in [0, 0.05) is 26.8 Å². The maximum absolute atomic E-state index is 10.7. The summed E-state index contributed by atoms with van der Waals surface area (Å²) < 4.78 is 10.1. The van der Waals surface area contributed by atoms with Crippen LogP contribution in [0.5, 0.6) is 0 Å². The van der Waals surface area contributed by atoms with Crippen LogP contribution in [-0.2, 0) is 14.3 Å². The molecule has 5 heteroatoms. The van der Waals surface area contributed by atoms with Crippen molar-refractivity contribution in [1.82, 2.24) is 4.90 Å². The number of carboxylic acid groups (broad SMARTS) is 1. The number of hydrogen-bond donors (Lipinski definition) is 1. The first kappa shape index (κ1) is 12.4. The number of hydrogen-bond acceptors (Lipinski definition) is 4. The van der Waals surface area contributed by atoms with E-state index in [1.165, 1.54) is 0 Å². The molecule has 0 aromatic carbocycles. The second-order valence-corrected chi connectivity index (χ2v) is 3.70. The molecule has 1 unspecified atom stereocenters. The average molecular weight is 217 g/mol. The highest BCUT2D eigenvalue weighted by molar-refractivity contribution is 5.72. The van der Waals surface area contributed by atoms with E-state index in [9.17, 15) is 4.79 Å². The highest BCUT2D eigenvalue weighted by Gasteiger charge is 2.25. The lowest BCUT2D eigenvalue weighted by atomic mass is 10.2. The first-order valence-electron chi connectivity index (χ1n) is 5.29. The molecule has 1 aliphatic heterocycles. The zero-order valence-electron chi connectivity index (χ0n) is 9.15. The van der Waals surface area contributed by atoms with Crippen molar-refractivity contribution in [3.05, 3.63) is 0 Å². The van der Waals surface area contributed by atoms with E-state index in [0.29, 0.717) is 13.2 Å². The summed E-state index contributed by atoms with van der Waals surface area (Å²) in [7, 11) is 1.69. The molecule has 0 radical (unpaired) electrons. The van der Waals surface area contributed by atoms with Crippen molar-refractivity contribution < 1.29 is 19.4 Å². The minimum Gasteiger partial charge on any atom is -0.479 e. The van der Waals surface area contributed by atoms with Gasteiger partial charge in [-0.1, -0.05) is 0 Å². The van der Waals surface area contributed by atoms with Crippen LogP contribution in [0.1, 0.15) is 12.8 Å². The molecular weight excluding hydrogens is 198 g/mol. The third-order valence-electron chi connectivity index (χ3n) is 2.50. The fourth-order valence-corrected chi connectivity index (χ4v) is 1.64. The molecule has 0 aromatic heterocycles. The molecule has 1 saturated heterocycles. The molecule has 1 fully saturated rings. The monoisotopic (exact) mass is 217 g/mol. The van der Waals surface area contributed by atoms with Crippen LogP contribution in [0.3, 0.4) is 0 Å². The van der Waals surface area contributed by atoms with E-state index in [4.69, 9.17) is 14.6 Å². The summed E-state index contributed by atoms with van der Waals surface area (Å²) >= 11 is 0. The van der Waals surface area contributed by atoms with Gasteiger partial charge in [-0.15, -0.1) is 0 Å². The van der Waals surface area contributed by atoms with Gasteiger partial charge in [-0.25, -0.2) is 4.79 Å². The minimum atomic E-state index is -0.864. The zero-order chi connectivity index (χ0) is 11.1. The summed E-state index contributed by atoms with van der Waals surface area (Å²) in [6.45, 7) is 3.55. The molecule has 1 aliphatic rings. The van der Waals surface area contributed by atoms with Crippen LogP contribution in [0.2, 0.25) is 0 Å². The number of methoxy groups -OCH3 is 1. The van der Waals surface area contributed by atoms with Crippen molar-refractivity contribution in [2.75, 3.05) is 40.0 Å². The standard InChI is InChI=1S/C10H19NO4/c1-14-6-3-2-4-11-5-7-15-9(8-11)10(12)13/h9H,2-8H2,1H3,(H,12,13). The fourth-order valence-electron chi connectivity index (χ4n) is 1.64. The van der Waals surface area contributed by atoms with Gasteiger partial charge in [0.05, 0.1) is 6.61 Å². The van der Waals surface area contributed by atoms with E-state index in [0.717, 1.165) is 32.5 Å². The normalized spacial score (nSPS) is 22.9. The molecule has 1 N–H and O–H groups in total. The molecule has 88 valence electrons. The van der Waals surface area contributed by atoms with Gasteiger partial charge in [0.2, 0.25) is 0 Å². The Morgan fingerprint density at radius 2 is 2.40 bits per heavy atom. The Bertz CT molecular complexity index is 198. The lowest BCUT2D eigenvalue weighted by molar-refractivity contribution is -0.156. The van der Waals surface area contributed by atoms with Crippen molar-refractivity contribution in [2.45, 2.75) is 18.9 Å². The molecule has 0 spiro atoms. The van der Waals surface area contributed by atoms with Gasteiger partial charge in [-0.2, -0.15) is 0 Å². The molecule has 0 bridgehead atoms. The van der Waals surface area contributed by atoms with Crippen LogP contribution in [-0.4, -0.2) is 62.0 Å². The molecular formula is C10H19NO4. The molecule has 1 atom stereocenters. The summed E-state index contributed by atoms with van der Waals surface area (Å²) in [6, 6.07) is 0. The van der Waals surface area contributed by atoms with E-state index in [2.05, 4.69) is 4.90 Å². The first-order chi connectivity index (χ1) is 7.24. The molecule has 0 saturated carbocycles. The van der Waals surface area contributed by atoms with Crippen LogP contribution in [0.25, 0.3) is 0 Å². The molecule has 5 nitrogen and oxygen atoms in total. The third-order valence-corrected chi connectivity index (χ3v) is 2.50. The lowest BCUT2D eigenvalue weighted by Crippen LogP contribution is -2.46. The third kappa shape index (κ3) is 4.59. The maximum Gasteiger partial charge on any atom is 0.334 e. The molecule has 1 rings (SSSR count). The van der Waals surface area contributed by atoms with Gasteiger partial charge < -0.3 is 14.6 Å². The van der Waals surface area contributed by atoms with Gasteiger partial charge in [0.25, 0.3) is 0 Å². The maximum atomic E-state index is 10.7. The molecule has 15 heavy (non-hydrogen) atoms. The Balaban J connectivity index is 2.15. The van der Waals surface area contributed by atoms with Gasteiger partial charge >= 0.3 is 5.97 Å². The van der Waals surface area contributed by atoms with Gasteiger partial charge in [0.15, 0.2) is 6.10 Å². The van der Waals surface area contributed by atoms with Crippen molar-refractivity contribution in [2.24, 2.45) is 0 Å². The summed E-state index contributed by atoms with van der Waals surface area (Å²) in [5.41, 5.74) is 0. The number of aliphatic carboxylic acids is 1. The number of unbranched alkanes of at least 4 members (excludes halogenated alkanes) is 1. The SMILES string of the molecule is COCCCCN1CCOC(C(=O)O)C1. The number of rotatable bonds is 6. The van der Waals surface area contributed by atoms with E-state index >= 15 is 0 Å². The van der Waals surface area contributed by atoms with Crippen LogP contribution in [0, 0.1) is 0 Å². The van der Waals surface area contributed by atoms with E-state index < -0.39 is 12.1 Å². The van der Waals surface area contributed by atoms with Crippen LogP contribution >= 0.6 is 0 Å².